The fourth-order valence-corrected chi connectivity index (χ4v) is 1.83. The molecule has 6 heteroatoms. The minimum absolute atomic E-state index is 0.101. The maximum atomic E-state index is 11.7. The first kappa shape index (κ1) is 10.9. The van der Waals surface area contributed by atoms with Crippen molar-refractivity contribution in [3.05, 3.63) is 18.0 Å². The Morgan fingerprint density at radius 2 is 2.31 bits per heavy atom. The molecule has 0 aliphatic carbocycles. The molecule has 0 saturated carbocycles. The van der Waals surface area contributed by atoms with Gasteiger partial charge in [-0.15, -0.1) is 0 Å². The van der Waals surface area contributed by atoms with Crippen molar-refractivity contribution in [1.29, 1.82) is 0 Å². The van der Waals surface area contributed by atoms with E-state index in [1.807, 2.05) is 17.8 Å². The second kappa shape index (κ2) is 4.52. The zero-order chi connectivity index (χ0) is 11.5. The van der Waals surface area contributed by atoms with E-state index in [0.717, 1.165) is 25.1 Å². The van der Waals surface area contributed by atoms with Gasteiger partial charge < -0.3 is 4.90 Å². The number of amides is 2. The molecule has 2 N–H and O–H groups in total. The summed E-state index contributed by atoms with van der Waals surface area (Å²) in [7, 11) is 0. The first-order chi connectivity index (χ1) is 7.70. The fourth-order valence-electron chi connectivity index (χ4n) is 1.83. The van der Waals surface area contributed by atoms with Crippen LogP contribution in [0.5, 0.6) is 0 Å². The van der Waals surface area contributed by atoms with E-state index in [4.69, 9.17) is 5.84 Å². The molecule has 16 heavy (non-hydrogen) atoms. The average molecular weight is 223 g/mol. The number of nitrogens with two attached hydrogens (primary N) is 1. The Bertz CT molecular complexity index is 375. The van der Waals surface area contributed by atoms with E-state index in [2.05, 4.69) is 5.10 Å². The van der Waals surface area contributed by atoms with Gasteiger partial charge >= 0.3 is 6.03 Å². The Morgan fingerprint density at radius 3 is 3.00 bits per heavy atom. The first-order valence-corrected chi connectivity index (χ1v) is 5.53. The van der Waals surface area contributed by atoms with Crippen molar-refractivity contribution in [3.8, 4) is 0 Å². The number of rotatable bonds is 3. The Hall–Kier alpha value is -1.56. The highest BCUT2D eigenvalue weighted by Crippen LogP contribution is 2.10. The molecule has 1 aliphatic rings. The zero-order valence-corrected chi connectivity index (χ0v) is 9.46. The number of hydrogen-bond donors (Lipinski definition) is 1. The van der Waals surface area contributed by atoms with E-state index in [9.17, 15) is 4.79 Å². The predicted octanol–water partition coefficient (Wildman–Crippen LogP) is 0.404. The highest BCUT2D eigenvalue weighted by molar-refractivity contribution is 5.74. The molecular formula is C10H17N5O. The lowest BCUT2D eigenvalue weighted by atomic mass is 10.2. The number of urea groups is 1. The molecule has 2 rings (SSSR count). The third kappa shape index (κ3) is 2.16. The smallest absolute Gasteiger partial charge is 0.319 e. The summed E-state index contributed by atoms with van der Waals surface area (Å²) in [6.07, 6.45) is 4.68. The summed E-state index contributed by atoms with van der Waals surface area (Å²) >= 11 is 0. The normalized spacial score (nSPS) is 17.0. The number of aryl methyl sites for hydroxylation is 1. The second-order valence-corrected chi connectivity index (χ2v) is 3.96. The predicted molar refractivity (Wildman–Crippen MR) is 59.2 cm³/mol. The fraction of sp³-hybridized carbons (Fsp3) is 0.600. The summed E-state index contributed by atoms with van der Waals surface area (Å²) in [6.45, 7) is 4.88. The Morgan fingerprint density at radius 1 is 1.50 bits per heavy atom. The number of carbonyl (C=O) groups excluding carboxylic acids is 1. The van der Waals surface area contributed by atoms with Gasteiger partial charge in [-0.05, 0) is 13.3 Å². The molecule has 0 atom stereocenters. The van der Waals surface area contributed by atoms with E-state index < -0.39 is 0 Å². The molecule has 0 bridgehead atoms. The van der Waals surface area contributed by atoms with Crippen LogP contribution in [0, 0.1) is 0 Å². The number of nitrogens with zero attached hydrogens (tertiary/aromatic N) is 4. The summed E-state index contributed by atoms with van der Waals surface area (Å²) in [4.78, 5) is 13.5. The molecule has 1 aliphatic heterocycles. The van der Waals surface area contributed by atoms with Crippen molar-refractivity contribution in [2.24, 2.45) is 5.84 Å². The highest BCUT2D eigenvalue weighted by atomic mass is 16.2. The lowest BCUT2D eigenvalue weighted by Gasteiger charge is -2.32. The Kier molecular flexibility index (Phi) is 3.09. The molecule has 1 saturated heterocycles. The van der Waals surface area contributed by atoms with Crippen molar-refractivity contribution in [1.82, 2.24) is 19.7 Å². The molecule has 0 radical (unpaired) electrons. The summed E-state index contributed by atoms with van der Waals surface area (Å²) in [5, 5.41) is 5.45. The lowest BCUT2D eigenvalue weighted by molar-refractivity contribution is 0.127. The molecule has 2 heterocycles. The Labute approximate surface area is 94.6 Å². The standard InChI is InChI=1S/C10H17N5O/c1-2-14-8-9(6-12-14)7-13-4-3-5-15(11)10(13)16/h6,8H,2-5,7,11H2,1H3. The van der Waals surface area contributed by atoms with Crippen molar-refractivity contribution in [2.45, 2.75) is 26.4 Å². The van der Waals surface area contributed by atoms with Crippen molar-refractivity contribution in [3.63, 3.8) is 0 Å². The van der Waals surface area contributed by atoms with Crippen LogP contribution in [0.2, 0.25) is 0 Å². The molecule has 2 amide bonds. The second-order valence-electron chi connectivity index (χ2n) is 3.96. The zero-order valence-electron chi connectivity index (χ0n) is 9.46. The molecular weight excluding hydrogens is 206 g/mol. The minimum Gasteiger partial charge on any atom is -0.319 e. The largest absolute Gasteiger partial charge is 0.334 e. The third-order valence-corrected chi connectivity index (χ3v) is 2.73. The van der Waals surface area contributed by atoms with E-state index in [1.54, 1.807) is 11.1 Å². The van der Waals surface area contributed by atoms with Crippen LogP contribution in [0.3, 0.4) is 0 Å². The van der Waals surface area contributed by atoms with Gasteiger partial charge in [-0.25, -0.2) is 10.6 Å². The van der Waals surface area contributed by atoms with Gasteiger partial charge in [0.05, 0.1) is 12.7 Å². The van der Waals surface area contributed by atoms with Crippen LogP contribution in [-0.2, 0) is 13.1 Å². The van der Waals surface area contributed by atoms with Crippen LogP contribution < -0.4 is 5.84 Å². The molecule has 1 aromatic rings. The average Bonchev–Trinajstić information content (AvgIpc) is 2.73. The summed E-state index contributed by atoms with van der Waals surface area (Å²) in [6, 6.07) is -0.101. The van der Waals surface area contributed by atoms with Gasteiger partial charge in [-0.2, -0.15) is 5.10 Å². The van der Waals surface area contributed by atoms with Crippen molar-refractivity contribution in [2.75, 3.05) is 13.1 Å². The van der Waals surface area contributed by atoms with Crippen molar-refractivity contribution < 1.29 is 4.79 Å². The summed E-state index contributed by atoms with van der Waals surface area (Å²) in [5.74, 6) is 5.57. The number of carbonyl (C=O) groups is 1. The van der Waals surface area contributed by atoms with Crippen LogP contribution in [-0.4, -0.2) is 38.8 Å². The van der Waals surface area contributed by atoms with Crippen molar-refractivity contribution >= 4 is 6.03 Å². The summed E-state index contributed by atoms with van der Waals surface area (Å²) in [5.41, 5.74) is 1.05. The number of aromatic nitrogens is 2. The van der Waals surface area contributed by atoms with E-state index >= 15 is 0 Å². The van der Waals surface area contributed by atoms with Gasteiger partial charge in [0.2, 0.25) is 0 Å². The minimum atomic E-state index is -0.101. The lowest BCUT2D eigenvalue weighted by Crippen LogP contribution is -2.51. The molecule has 0 spiro atoms. The number of hydrogen-bond acceptors (Lipinski definition) is 3. The van der Waals surface area contributed by atoms with E-state index in [1.165, 1.54) is 5.01 Å². The van der Waals surface area contributed by atoms with E-state index in [0.29, 0.717) is 13.1 Å². The van der Waals surface area contributed by atoms with Gasteiger partial charge in [0.15, 0.2) is 0 Å². The topological polar surface area (TPSA) is 67.4 Å². The maximum Gasteiger partial charge on any atom is 0.334 e. The van der Waals surface area contributed by atoms with Gasteiger partial charge in [0, 0.05) is 31.4 Å². The van der Waals surface area contributed by atoms with Crippen LogP contribution >= 0.6 is 0 Å². The number of hydrazine groups is 1. The van der Waals surface area contributed by atoms with Gasteiger partial charge in [0.25, 0.3) is 0 Å². The van der Waals surface area contributed by atoms with Crippen LogP contribution in [0.1, 0.15) is 18.9 Å². The maximum absolute atomic E-state index is 11.7. The van der Waals surface area contributed by atoms with Gasteiger partial charge in [-0.1, -0.05) is 0 Å². The SMILES string of the molecule is CCn1cc(CN2CCCN(N)C2=O)cn1. The third-order valence-electron chi connectivity index (χ3n) is 2.73. The van der Waals surface area contributed by atoms with Crippen LogP contribution in [0.4, 0.5) is 4.79 Å². The molecule has 1 fully saturated rings. The molecule has 0 unspecified atom stereocenters. The molecule has 6 nitrogen and oxygen atoms in total. The highest BCUT2D eigenvalue weighted by Gasteiger charge is 2.23. The molecule has 0 aromatic carbocycles. The van der Waals surface area contributed by atoms with Crippen LogP contribution in [0.25, 0.3) is 0 Å². The monoisotopic (exact) mass is 223 g/mol. The molecule has 1 aromatic heterocycles. The quantitative estimate of drug-likeness (QED) is 0.596. The first-order valence-electron chi connectivity index (χ1n) is 5.53. The van der Waals surface area contributed by atoms with Gasteiger partial charge in [0.1, 0.15) is 0 Å². The van der Waals surface area contributed by atoms with Crippen LogP contribution in [0.15, 0.2) is 12.4 Å². The van der Waals surface area contributed by atoms with Gasteiger partial charge in [-0.3, -0.25) is 9.69 Å². The summed E-state index contributed by atoms with van der Waals surface area (Å²) < 4.78 is 1.85. The van der Waals surface area contributed by atoms with E-state index in [-0.39, 0.29) is 6.03 Å². The Balaban J connectivity index is 2.00. The molecule has 88 valence electrons.